The molecule has 3 N–H and O–H groups in total. The van der Waals surface area contributed by atoms with E-state index in [0.717, 1.165) is 5.75 Å². The Kier molecular flexibility index (Phi) is 6.38. The van der Waals surface area contributed by atoms with E-state index in [4.69, 9.17) is 10.5 Å². The summed E-state index contributed by atoms with van der Waals surface area (Å²) in [5, 5.41) is 9.98. The van der Waals surface area contributed by atoms with Crippen molar-refractivity contribution < 1.29 is 14.6 Å². The first-order chi connectivity index (χ1) is 10.1. The molecule has 124 valence electrons. The highest BCUT2D eigenvalue weighted by atomic mass is 16.5. The molecular weight excluding hydrogens is 280 g/mol. The molecule has 0 bridgehead atoms. The standard InChI is InChI=1S/C17H28N2O3/c1-12(16(18)21)19(5)10-14(20)11-22-15-8-6-13(7-9-15)17(2,3)4/h6-9,12,14,20H,10-11H2,1-5H3,(H2,18,21)/t12-,14?/m1/s1. The first-order valence-electron chi connectivity index (χ1n) is 7.52. The first-order valence-corrected chi connectivity index (χ1v) is 7.52. The fourth-order valence-corrected chi connectivity index (χ4v) is 2.00. The second-order valence-corrected chi connectivity index (χ2v) is 6.76. The minimum absolute atomic E-state index is 0.103. The van der Waals surface area contributed by atoms with Gasteiger partial charge in [-0.25, -0.2) is 0 Å². The van der Waals surface area contributed by atoms with Crippen LogP contribution in [0.2, 0.25) is 0 Å². The number of rotatable bonds is 7. The summed E-state index contributed by atoms with van der Waals surface area (Å²) in [7, 11) is 1.75. The number of carbonyl (C=O) groups is 1. The van der Waals surface area contributed by atoms with Crippen molar-refractivity contribution >= 4 is 5.91 Å². The summed E-state index contributed by atoms with van der Waals surface area (Å²) >= 11 is 0. The maximum Gasteiger partial charge on any atom is 0.234 e. The summed E-state index contributed by atoms with van der Waals surface area (Å²) in [4.78, 5) is 12.8. The van der Waals surface area contributed by atoms with Gasteiger partial charge in [0.1, 0.15) is 18.5 Å². The van der Waals surface area contributed by atoms with Gasteiger partial charge in [0.25, 0.3) is 0 Å². The lowest BCUT2D eigenvalue weighted by Crippen LogP contribution is -2.44. The molecule has 0 saturated carbocycles. The summed E-state index contributed by atoms with van der Waals surface area (Å²) in [6.45, 7) is 8.67. The highest BCUT2D eigenvalue weighted by Gasteiger charge is 2.18. The van der Waals surface area contributed by atoms with Gasteiger partial charge in [-0.15, -0.1) is 0 Å². The summed E-state index contributed by atoms with van der Waals surface area (Å²) in [5.74, 6) is 0.311. The van der Waals surface area contributed by atoms with Gasteiger partial charge >= 0.3 is 0 Å². The van der Waals surface area contributed by atoms with Crippen molar-refractivity contribution in [2.75, 3.05) is 20.2 Å². The van der Waals surface area contributed by atoms with Crippen molar-refractivity contribution in [2.24, 2.45) is 5.73 Å². The topological polar surface area (TPSA) is 75.8 Å². The normalized spacial score (nSPS) is 14.7. The molecule has 1 rings (SSSR count). The zero-order valence-corrected chi connectivity index (χ0v) is 14.2. The maximum atomic E-state index is 11.1. The maximum absolute atomic E-state index is 11.1. The molecule has 1 aromatic rings. The minimum Gasteiger partial charge on any atom is -0.491 e. The number of amides is 1. The highest BCUT2D eigenvalue weighted by Crippen LogP contribution is 2.24. The van der Waals surface area contributed by atoms with E-state index in [0.29, 0.717) is 6.54 Å². The lowest BCUT2D eigenvalue weighted by Gasteiger charge is -2.24. The van der Waals surface area contributed by atoms with E-state index >= 15 is 0 Å². The van der Waals surface area contributed by atoms with E-state index < -0.39 is 18.1 Å². The summed E-state index contributed by atoms with van der Waals surface area (Å²) in [6, 6.07) is 7.46. The largest absolute Gasteiger partial charge is 0.491 e. The van der Waals surface area contributed by atoms with Crippen LogP contribution in [0.15, 0.2) is 24.3 Å². The second-order valence-electron chi connectivity index (χ2n) is 6.76. The van der Waals surface area contributed by atoms with E-state index in [1.807, 2.05) is 24.3 Å². The van der Waals surface area contributed by atoms with Gasteiger partial charge in [-0.2, -0.15) is 0 Å². The van der Waals surface area contributed by atoms with Gasteiger partial charge in [0.05, 0.1) is 6.04 Å². The molecule has 0 radical (unpaired) electrons. The number of hydrogen-bond donors (Lipinski definition) is 2. The number of carbonyl (C=O) groups excluding carboxylic acids is 1. The number of ether oxygens (including phenoxy) is 1. The van der Waals surface area contributed by atoms with Gasteiger partial charge in [-0.05, 0) is 37.1 Å². The molecule has 5 nitrogen and oxygen atoms in total. The van der Waals surface area contributed by atoms with E-state index in [1.165, 1.54) is 5.56 Å². The number of aliphatic hydroxyl groups is 1. The Morgan fingerprint density at radius 3 is 2.32 bits per heavy atom. The lowest BCUT2D eigenvalue weighted by atomic mass is 9.87. The fraction of sp³-hybridized carbons (Fsp3) is 0.588. The smallest absolute Gasteiger partial charge is 0.234 e. The monoisotopic (exact) mass is 308 g/mol. The molecule has 1 unspecified atom stereocenters. The van der Waals surface area contributed by atoms with Crippen LogP contribution in [0.5, 0.6) is 5.75 Å². The fourth-order valence-electron chi connectivity index (χ4n) is 2.00. The van der Waals surface area contributed by atoms with Gasteiger partial charge < -0.3 is 15.6 Å². The third-order valence-corrected chi connectivity index (χ3v) is 3.73. The Bertz CT molecular complexity index is 480. The van der Waals surface area contributed by atoms with Crippen molar-refractivity contribution in [1.29, 1.82) is 0 Å². The Balaban J connectivity index is 2.47. The number of aliphatic hydroxyl groups excluding tert-OH is 1. The van der Waals surface area contributed by atoms with Crippen LogP contribution in [-0.2, 0) is 10.2 Å². The Morgan fingerprint density at radius 1 is 1.32 bits per heavy atom. The van der Waals surface area contributed by atoms with Gasteiger partial charge in [-0.3, -0.25) is 9.69 Å². The quantitative estimate of drug-likeness (QED) is 0.801. The first kappa shape index (κ1) is 18.5. The molecule has 22 heavy (non-hydrogen) atoms. The van der Waals surface area contributed by atoms with Gasteiger partial charge in [0.2, 0.25) is 5.91 Å². The van der Waals surface area contributed by atoms with E-state index in [1.54, 1.807) is 18.9 Å². The van der Waals surface area contributed by atoms with E-state index in [-0.39, 0.29) is 12.0 Å². The zero-order chi connectivity index (χ0) is 16.9. The molecule has 1 amide bonds. The van der Waals surface area contributed by atoms with Gasteiger partial charge in [-0.1, -0.05) is 32.9 Å². The average molecular weight is 308 g/mol. The van der Waals surface area contributed by atoms with Crippen molar-refractivity contribution in [2.45, 2.75) is 45.3 Å². The number of benzene rings is 1. The molecule has 0 aliphatic rings. The predicted molar refractivity (Wildman–Crippen MR) is 87.9 cm³/mol. The SMILES string of the molecule is C[C@H](C(N)=O)N(C)CC(O)COc1ccc(C(C)(C)C)cc1. The Labute approximate surface area is 133 Å². The molecule has 5 heteroatoms. The molecule has 0 aliphatic heterocycles. The third-order valence-electron chi connectivity index (χ3n) is 3.73. The number of likely N-dealkylation sites (N-methyl/N-ethyl adjacent to an activating group) is 1. The molecule has 0 fully saturated rings. The molecular formula is C17H28N2O3. The number of primary amides is 1. The van der Waals surface area contributed by atoms with Crippen LogP contribution in [0.3, 0.4) is 0 Å². The summed E-state index contributed by atoms with van der Waals surface area (Å²) < 4.78 is 5.58. The van der Waals surface area contributed by atoms with Crippen LogP contribution in [0.25, 0.3) is 0 Å². The minimum atomic E-state index is -0.686. The molecule has 0 aliphatic carbocycles. The molecule has 2 atom stereocenters. The second kappa shape index (κ2) is 7.61. The molecule has 0 aromatic heterocycles. The number of hydrogen-bond acceptors (Lipinski definition) is 4. The van der Waals surface area contributed by atoms with Crippen LogP contribution in [0.4, 0.5) is 0 Å². The van der Waals surface area contributed by atoms with Crippen LogP contribution < -0.4 is 10.5 Å². The van der Waals surface area contributed by atoms with Crippen LogP contribution in [0.1, 0.15) is 33.3 Å². The van der Waals surface area contributed by atoms with Crippen LogP contribution in [-0.4, -0.2) is 48.3 Å². The van der Waals surface area contributed by atoms with Crippen LogP contribution in [0, 0.1) is 0 Å². The molecule has 0 heterocycles. The Hall–Kier alpha value is -1.59. The number of nitrogens with zero attached hydrogens (tertiary/aromatic N) is 1. The Morgan fingerprint density at radius 2 is 1.86 bits per heavy atom. The molecule has 1 aromatic carbocycles. The van der Waals surface area contributed by atoms with Crippen molar-refractivity contribution in [1.82, 2.24) is 4.90 Å². The average Bonchev–Trinajstić information content (AvgIpc) is 2.43. The third kappa shape index (κ3) is 5.66. The molecule has 0 spiro atoms. The van der Waals surface area contributed by atoms with E-state index in [2.05, 4.69) is 20.8 Å². The lowest BCUT2D eigenvalue weighted by molar-refractivity contribution is -0.122. The zero-order valence-electron chi connectivity index (χ0n) is 14.2. The molecule has 0 saturated heterocycles. The van der Waals surface area contributed by atoms with Crippen molar-refractivity contribution in [3.63, 3.8) is 0 Å². The summed E-state index contributed by atoms with van der Waals surface area (Å²) in [6.07, 6.45) is -0.686. The predicted octanol–water partition coefficient (Wildman–Crippen LogP) is 1.53. The van der Waals surface area contributed by atoms with Crippen LogP contribution >= 0.6 is 0 Å². The van der Waals surface area contributed by atoms with Gasteiger partial charge in [0, 0.05) is 6.54 Å². The highest BCUT2D eigenvalue weighted by molar-refractivity contribution is 5.79. The van der Waals surface area contributed by atoms with E-state index in [9.17, 15) is 9.90 Å². The number of nitrogens with two attached hydrogens (primary N) is 1. The van der Waals surface area contributed by atoms with Crippen molar-refractivity contribution in [3.8, 4) is 5.75 Å². The van der Waals surface area contributed by atoms with Gasteiger partial charge in [0.15, 0.2) is 0 Å². The van der Waals surface area contributed by atoms with Crippen molar-refractivity contribution in [3.05, 3.63) is 29.8 Å². The summed E-state index contributed by atoms with van der Waals surface area (Å²) in [5.41, 5.74) is 6.57.